The van der Waals surface area contributed by atoms with Crippen molar-refractivity contribution in [2.45, 2.75) is 6.92 Å². The minimum atomic E-state index is 0.978. The van der Waals surface area contributed by atoms with E-state index in [0.29, 0.717) is 0 Å². The molecule has 2 heterocycles. The number of benzene rings is 1. The van der Waals surface area contributed by atoms with Gasteiger partial charge in [-0.1, -0.05) is 12.1 Å². The fourth-order valence-electron chi connectivity index (χ4n) is 1.47. The van der Waals surface area contributed by atoms with Crippen molar-refractivity contribution in [2.24, 2.45) is 4.47 Å². The highest BCUT2D eigenvalue weighted by atomic mass is 32.1. The standard InChI is InChI=1S/C9H7N3S/c1-6-9-10-7-4-2-3-5-8(7)12(9)11-13-6/h2-5H,1H3. The van der Waals surface area contributed by atoms with Crippen LogP contribution in [0.3, 0.4) is 0 Å². The van der Waals surface area contributed by atoms with Gasteiger partial charge in [-0.3, -0.25) is 0 Å². The van der Waals surface area contributed by atoms with Gasteiger partial charge in [0, 0.05) is 0 Å². The molecule has 0 fully saturated rings. The summed E-state index contributed by atoms with van der Waals surface area (Å²) in [5.41, 5.74) is 2.10. The van der Waals surface area contributed by atoms with Crippen molar-refractivity contribution < 1.29 is 0 Å². The lowest BCUT2D eigenvalue weighted by atomic mass is 10.3. The van der Waals surface area contributed by atoms with E-state index < -0.39 is 0 Å². The second-order valence-corrected chi connectivity index (χ2v) is 3.92. The number of hydrogen-bond donors (Lipinski definition) is 0. The number of imidazole rings is 1. The van der Waals surface area contributed by atoms with Gasteiger partial charge in [0.25, 0.3) is 0 Å². The molecule has 0 amide bonds. The summed E-state index contributed by atoms with van der Waals surface area (Å²) >= 11 is 1.49. The van der Waals surface area contributed by atoms with Gasteiger partial charge in [-0.15, -0.1) is 4.47 Å². The molecule has 0 atom stereocenters. The fourth-order valence-corrected chi connectivity index (χ4v) is 2.05. The quantitative estimate of drug-likeness (QED) is 0.579. The molecule has 0 unspecified atom stereocenters. The van der Waals surface area contributed by atoms with Crippen LogP contribution in [0.1, 0.15) is 12.7 Å². The van der Waals surface area contributed by atoms with E-state index in [1.54, 1.807) is 0 Å². The van der Waals surface area contributed by atoms with Crippen LogP contribution in [0, 0.1) is 0 Å². The molecule has 1 aliphatic heterocycles. The molecule has 64 valence electrons. The third-order valence-corrected chi connectivity index (χ3v) is 2.81. The van der Waals surface area contributed by atoms with Crippen molar-refractivity contribution >= 4 is 27.0 Å². The van der Waals surface area contributed by atoms with E-state index >= 15 is 0 Å². The Bertz CT molecular complexity index is 561. The zero-order valence-corrected chi connectivity index (χ0v) is 7.88. The number of rotatable bonds is 0. The van der Waals surface area contributed by atoms with Crippen molar-refractivity contribution in [1.29, 1.82) is 0 Å². The average molecular weight is 189 g/mol. The Kier molecular flexibility index (Phi) is 1.24. The maximum Gasteiger partial charge on any atom is 0.170 e. The minimum absolute atomic E-state index is 0.978. The first-order valence-electron chi connectivity index (χ1n) is 4.06. The van der Waals surface area contributed by atoms with E-state index in [4.69, 9.17) is 0 Å². The van der Waals surface area contributed by atoms with Crippen LogP contribution < -0.4 is 0 Å². The molecule has 2 aromatic rings. The van der Waals surface area contributed by atoms with Crippen molar-refractivity contribution in [1.82, 2.24) is 9.66 Å². The molecule has 3 rings (SSSR count). The Morgan fingerprint density at radius 2 is 2.15 bits per heavy atom. The summed E-state index contributed by atoms with van der Waals surface area (Å²) < 4.78 is 6.20. The maximum absolute atomic E-state index is 4.49. The van der Waals surface area contributed by atoms with E-state index in [0.717, 1.165) is 21.7 Å². The van der Waals surface area contributed by atoms with Gasteiger partial charge in [0.05, 0.1) is 15.9 Å². The zero-order chi connectivity index (χ0) is 8.84. The third-order valence-electron chi connectivity index (χ3n) is 2.11. The van der Waals surface area contributed by atoms with Gasteiger partial charge in [-0.05, 0) is 30.2 Å². The molecule has 0 radical (unpaired) electrons. The summed E-state index contributed by atoms with van der Waals surface area (Å²) in [7, 11) is 0. The van der Waals surface area contributed by atoms with Crippen molar-refractivity contribution in [3.05, 3.63) is 30.1 Å². The first-order valence-corrected chi connectivity index (χ1v) is 4.83. The van der Waals surface area contributed by atoms with E-state index in [2.05, 4.69) is 9.46 Å². The van der Waals surface area contributed by atoms with Crippen LogP contribution in [-0.2, 0) is 11.1 Å². The number of aromatic nitrogens is 2. The van der Waals surface area contributed by atoms with Gasteiger partial charge in [0.15, 0.2) is 5.82 Å². The van der Waals surface area contributed by atoms with Gasteiger partial charge in [0.2, 0.25) is 0 Å². The monoisotopic (exact) mass is 189 g/mol. The molecule has 13 heavy (non-hydrogen) atoms. The van der Waals surface area contributed by atoms with Crippen LogP contribution in [0.25, 0.3) is 11.0 Å². The second kappa shape index (κ2) is 2.29. The fraction of sp³-hybridized carbons (Fsp3) is 0.111. The molecule has 1 aromatic carbocycles. The third kappa shape index (κ3) is 0.833. The van der Waals surface area contributed by atoms with Crippen LogP contribution in [0.4, 0.5) is 0 Å². The summed E-state index contributed by atoms with van der Waals surface area (Å²) in [6.45, 7) is 2.04. The number of para-hydroxylation sites is 2. The van der Waals surface area contributed by atoms with E-state index in [-0.39, 0.29) is 0 Å². The van der Waals surface area contributed by atoms with Gasteiger partial charge in [0.1, 0.15) is 0 Å². The van der Waals surface area contributed by atoms with Gasteiger partial charge in [-0.2, -0.15) is 0 Å². The second-order valence-electron chi connectivity index (χ2n) is 2.97. The van der Waals surface area contributed by atoms with Gasteiger partial charge >= 0.3 is 0 Å². The molecule has 0 N–H and O–H groups in total. The van der Waals surface area contributed by atoms with Crippen LogP contribution in [0.15, 0.2) is 28.7 Å². The number of nitrogens with zero attached hydrogens (tertiary/aromatic N) is 3. The van der Waals surface area contributed by atoms with Crippen molar-refractivity contribution in [3.8, 4) is 0 Å². The van der Waals surface area contributed by atoms with E-state index in [1.165, 1.54) is 11.1 Å². The van der Waals surface area contributed by atoms with E-state index in [9.17, 15) is 0 Å². The molecular weight excluding hydrogens is 182 g/mol. The van der Waals surface area contributed by atoms with Crippen LogP contribution in [-0.4, -0.2) is 14.5 Å². The SMILES string of the molecule is CC1=S=Nn2c1nc1ccccc12. The molecule has 4 heteroatoms. The van der Waals surface area contributed by atoms with Crippen molar-refractivity contribution in [3.63, 3.8) is 0 Å². The molecule has 3 nitrogen and oxygen atoms in total. The van der Waals surface area contributed by atoms with Gasteiger partial charge in [-0.25, -0.2) is 9.66 Å². The Morgan fingerprint density at radius 3 is 3.08 bits per heavy atom. The normalized spacial score (nSPS) is 14.1. The molecule has 1 aromatic heterocycles. The van der Waals surface area contributed by atoms with Crippen molar-refractivity contribution in [2.75, 3.05) is 0 Å². The van der Waals surface area contributed by atoms with Crippen LogP contribution in [0.5, 0.6) is 0 Å². The molecule has 0 saturated carbocycles. The molecule has 0 saturated heterocycles. The summed E-state index contributed by atoms with van der Waals surface area (Å²) in [6, 6.07) is 8.04. The highest BCUT2D eigenvalue weighted by Crippen LogP contribution is 2.17. The zero-order valence-electron chi connectivity index (χ0n) is 7.06. The van der Waals surface area contributed by atoms with E-state index in [1.807, 2.05) is 35.9 Å². The largest absolute Gasteiger partial charge is 0.226 e. The maximum atomic E-state index is 4.49. The average Bonchev–Trinajstić information content (AvgIpc) is 2.67. The lowest BCUT2D eigenvalue weighted by Gasteiger charge is -1.91. The Hall–Kier alpha value is -1.42. The highest BCUT2D eigenvalue weighted by Gasteiger charge is 2.14. The Balaban J connectivity index is 2.48. The summed E-state index contributed by atoms with van der Waals surface area (Å²) in [4.78, 5) is 5.65. The van der Waals surface area contributed by atoms with Gasteiger partial charge < -0.3 is 0 Å². The summed E-state index contributed by atoms with van der Waals surface area (Å²) in [5.74, 6) is 0.978. The predicted octanol–water partition coefficient (Wildman–Crippen LogP) is 1.62. The lowest BCUT2D eigenvalue weighted by molar-refractivity contribution is 0.924. The number of hydrogen-bond acceptors (Lipinski definition) is 2. The number of fused-ring (bicyclic) bond motifs is 3. The first kappa shape index (κ1) is 7.03. The Labute approximate surface area is 78.7 Å². The molecular formula is C9H7N3S. The molecule has 0 aliphatic carbocycles. The topological polar surface area (TPSA) is 30.2 Å². The summed E-state index contributed by atoms with van der Waals surface area (Å²) in [5, 5.41) is 0. The Morgan fingerprint density at radius 1 is 1.31 bits per heavy atom. The smallest absolute Gasteiger partial charge is 0.170 e. The minimum Gasteiger partial charge on any atom is -0.226 e. The molecule has 1 aliphatic rings. The predicted molar refractivity (Wildman–Crippen MR) is 54.7 cm³/mol. The highest BCUT2D eigenvalue weighted by molar-refractivity contribution is 7.69. The molecule has 0 bridgehead atoms. The molecule has 0 spiro atoms. The van der Waals surface area contributed by atoms with Crippen LogP contribution >= 0.6 is 0 Å². The first-order chi connectivity index (χ1) is 6.36. The lowest BCUT2D eigenvalue weighted by Crippen LogP contribution is -1.96. The summed E-state index contributed by atoms with van der Waals surface area (Å²) in [6.07, 6.45) is 0. The van der Waals surface area contributed by atoms with Crippen LogP contribution in [0.2, 0.25) is 0 Å².